The molecule has 2 unspecified atom stereocenters. The zero-order valence-electron chi connectivity index (χ0n) is 25.5. The lowest BCUT2D eigenvalue weighted by atomic mass is 9.85. The van der Waals surface area contributed by atoms with E-state index in [1.807, 2.05) is 0 Å². The van der Waals surface area contributed by atoms with Gasteiger partial charge in [0.1, 0.15) is 0 Å². The van der Waals surface area contributed by atoms with Crippen LogP contribution in [0.3, 0.4) is 0 Å². The molecule has 2 N–H and O–H groups in total. The molecule has 6 nitrogen and oxygen atoms in total. The van der Waals surface area contributed by atoms with E-state index in [1.54, 1.807) is 0 Å². The van der Waals surface area contributed by atoms with Crippen LogP contribution in [-0.2, 0) is 25.1 Å². The Kier molecular flexibility index (Phi) is 12.9. The molecule has 6 atom stereocenters. The van der Waals surface area contributed by atoms with Gasteiger partial charge >= 0.3 is 5.97 Å². The molecule has 40 heavy (non-hydrogen) atoms. The molecule has 1 aliphatic heterocycles. The smallest absolute Gasteiger partial charge is 0.303 e. The summed E-state index contributed by atoms with van der Waals surface area (Å²) in [6, 6.07) is 10.6. The van der Waals surface area contributed by atoms with Crippen molar-refractivity contribution in [3.8, 4) is 0 Å². The van der Waals surface area contributed by atoms with Crippen molar-refractivity contribution in [2.45, 2.75) is 134 Å². The lowest BCUT2D eigenvalue weighted by Gasteiger charge is -2.40. The molecule has 1 saturated carbocycles. The van der Waals surface area contributed by atoms with E-state index in [1.165, 1.54) is 5.56 Å². The number of ether oxygens (including phenoxy) is 2. The molecule has 1 heterocycles. The summed E-state index contributed by atoms with van der Waals surface area (Å²) in [5, 5.41) is 20.2. The summed E-state index contributed by atoms with van der Waals surface area (Å²) in [7, 11) is -1.98. The highest BCUT2D eigenvalue weighted by molar-refractivity contribution is 6.74. The minimum atomic E-state index is -1.98. The van der Waals surface area contributed by atoms with Crippen LogP contribution in [0.2, 0.25) is 18.1 Å². The Morgan fingerprint density at radius 1 is 1.15 bits per heavy atom. The van der Waals surface area contributed by atoms with Gasteiger partial charge in [-0.05, 0) is 93.3 Å². The van der Waals surface area contributed by atoms with Crippen molar-refractivity contribution < 1.29 is 28.9 Å². The SMILES string of the molecule is CC(C)(C)[Si](C)(C)O[C@@H](CC[C@H]1C(OC2CCCCO2)C[C@H](O)[C@@H]1CC=CCCCC(=O)O)Cc1ccccc1. The number of allylic oxidation sites excluding steroid dienone is 2. The van der Waals surface area contributed by atoms with E-state index >= 15 is 0 Å². The van der Waals surface area contributed by atoms with Crippen LogP contribution < -0.4 is 0 Å². The molecular weight excluding hydrogens is 520 g/mol. The second-order valence-electron chi connectivity index (χ2n) is 13.4. The molecule has 7 heteroatoms. The second kappa shape index (κ2) is 15.6. The van der Waals surface area contributed by atoms with Gasteiger partial charge in [-0.2, -0.15) is 0 Å². The van der Waals surface area contributed by atoms with Gasteiger partial charge in [-0.1, -0.05) is 63.3 Å². The predicted octanol–water partition coefficient (Wildman–Crippen LogP) is 7.51. The Morgan fingerprint density at radius 2 is 1.90 bits per heavy atom. The first kappa shape index (κ1) is 33.0. The number of aliphatic hydroxyl groups is 1. The molecule has 3 rings (SSSR count). The third-order valence-corrected chi connectivity index (χ3v) is 13.7. The van der Waals surface area contributed by atoms with Gasteiger partial charge < -0.3 is 24.1 Å². The van der Waals surface area contributed by atoms with Crippen molar-refractivity contribution in [2.24, 2.45) is 11.8 Å². The molecule has 0 aromatic heterocycles. The molecule has 1 aromatic carbocycles. The average Bonchev–Trinajstić information content (AvgIpc) is 3.18. The van der Waals surface area contributed by atoms with Gasteiger partial charge in [0.25, 0.3) is 0 Å². The van der Waals surface area contributed by atoms with Crippen molar-refractivity contribution in [1.29, 1.82) is 0 Å². The fraction of sp³-hybridized carbons (Fsp3) is 0.727. The number of aliphatic carboxylic acids is 1. The average molecular weight is 575 g/mol. The highest BCUT2D eigenvalue weighted by Gasteiger charge is 2.44. The van der Waals surface area contributed by atoms with Crippen molar-refractivity contribution in [3.05, 3.63) is 48.0 Å². The van der Waals surface area contributed by atoms with E-state index < -0.39 is 20.4 Å². The molecule has 0 spiro atoms. The molecule has 1 aliphatic carbocycles. The number of hydrogen-bond acceptors (Lipinski definition) is 5. The number of carboxylic acids is 1. The van der Waals surface area contributed by atoms with E-state index in [2.05, 4.69) is 76.3 Å². The Balaban J connectivity index is 1.73. The number of aliphatic hydroxyl groups excluding tert-OH is 1. The van der Waals surface area contributed by atoms with Crippen molar-refractivity contribution >= 4 is 14.3 Å². The van der Waals surface area contributed by atoms with Crippen molar-refractivity contribution in [3.63, 3.8) is 0 Å². The summed E-state index contributed by atoms with van der Waals surface area (Å²) in [6.07, 6.45) is 12.5. The zero-order chi connectivity index (χ0) is 29.2. The molecule has 2 fully saturated rings. The van der Waals surface area contributed by atoms with Crippen LogP contribution in [0.1, 0.15) is 90.5 Å². The van der Waals surface area contributed by atoms with Crippen LogP contribution >= 0.6 is 0 Å². The molecule has 226 valence electrons. The third-order valence-electron chi connectivity index (χ3n) is 9.19. The summed E-state index contributed by atoms with van der Waals surface area (Å²) >= 11 is 0. The maximum absolute atomic E-state index is 11.2. The maximum atomic E-state index is 11.2. The minimum absolute atomic E-state index is 0.0336. The normalized spacial score (nSPS) is 26.8. The monoisotopic (exact) mass is 574 g/mol. The first-order valence-electron chi connectivity index (χ1n) is 15.5. The Hall–Kier alpha value is -1.51. The van der Waals surface area contributed by atoms with Gasteiger partial charge in [-0.15, -0.1) is 0 Å². The number of benzene rings is 1. The first-order valence-corrected chi connectivity index (χ1v) is 18.4. The molecule has 0 amide bonds. The van der Waals surface area contributed by atoms with Crippen molar-refractivity contribution in [2.75, 3.05) is 6.61 Å². The quantitative estimate of drug-likeness (QED) is 0.128. The van der Waals surface area contributed by atoms with Crippen LogP contribution in [0.4, 0.5) is 0 Å². The first-order chi connectivity index (χ1) is 19.0. The van der Waals surface area contributed by atoms with Gasteiger partial charge in [0, 0.05) is 25.6 Å². The van der Waals surface area contributed by atoms with Gasteiger partial charge in [0.15, 0.2) is 14.6 Å². The number of rotatable bonds is 15. The summed E-state index contributed by atoms with van der Waals surface area (Å²) in [5.74, 6) is -0.436. The van der Waals surface area contributed by atoms with E-state index in [9.17, 15) is 9.90 Å². The fourth-order valence-corrected chi connectivity index (χ4v) is 7.23. The van der Waals surface area contributed by atoms with E-state index in [4.69, 9.17) is 19.0 Å². The second-order valence-corrected chi connectivity index (χ2v) is 18.1. The van der Waals surface area contributed by atoms with Crippen LogP contribution in [0.15, 0.2) is 42.5 Å². The largest absolute Gasteiger partial charge is 0.481 e. The topological polar surface area (TPSA) is 85.2 Å². The lowest BCUT2D eigenvalue weighted by Crippen LogP contribution is -2.44. The van der Waals surface area contributed by atoms with Gasteiger partial charge in [-0.25, -0.2) is 0 Å². The Morgan fingerprint density at radius 3 is 2.55 bits per heavy atom. The minimum Gasteiger partial charge on any atom is -0.481 e. The number of hydrogen-bond donors (Lipinski definition) is 2. The highest BCUT2D eigenvalue weighted by Crippen LogP contribution is 2.43. The van der Waals surface area contributed by atoms with Crippen molar-refractivity contribution in [1.82, 2.24) is 0 Å². The standard InChI is InChI=1S/C33H54O6Si/c1-33(2,3)40(4,5)39-26(23-25-15-9-8-10-16-25)20-21-28-27(17-11-6-7-12-18-31(35)36)29(34)24-30(28)38-32-19-13-14-22-37-32/h6,8-11,15-16,26-30,32,34H,7,12-14,17-24H2,1-5H3,(H,35,36)/t26-,27+,28+,29-,30?,32?/m0/s1. The molecule has 1 aromatic rings. The van der Waals surface area contributed by atoms with Crippen LogP contribution in [-0.4, -0.2) is 55.7 Å². The molecule has 1 saturated heterocycles. The zero-order valence-corrected chi connectivity index (χ0v) is 26.5. The maximum Gasteiger partial charge on any atom is 0.303 e. The van der Waals surface area contributed by atoms with Crippen LogP contribution in [0.5, 0.6) is 0 Å². The number of carbonyl (C=O) groups is 1. The van der Waals surface area contributed by atoms with Crippen LogP contribution in [0, 0.1) is 11.8 Å². The summed E-state index contributed by atoms with van der Waals surface area (Å²) in [4.78, 5) is 10.8. The number of carboxylic acid groups (broad SMARTS) is 1. The Bertz CT molecular complexity index is 905. The number of unbranched alkanes of at least 4 members (excludes halogenated alkanes) is 1. The van der Waals surface area contributed by atoms with Gasteiger partial charge in [0.2, 0.25) is 0 Å². The lowest BCUT2D eigenvalue weighted by molar-refractivity contribution is -0.196. The summed E-state index contributed by atoms with van der Waals surface area (Å²) in [6.45, 7) is 12.3. The molecule has 0 radical (unpaired) electrons. The van der Waals surface area contributed by atoms with E-state index in [-0.39, 0.29) is 41.8 Å². The van der Waals surface area contributed by atoms with Gasteiger partial charge in [0.05, 0.1) is 12.2 Å². The van der Waals surface area contributed by atoms with E-state index in [0.717, 1.165) is 58.0 Å². The van der Waals surface area contributed by atoms with Gasteiger partial charge in [-0.3, -0.25) is 4.79 Å². The highest BCUT2D eigenvalue weighted by atomic mass is 28.4. The predicted molar refractivity (Wildman–Crippen MR) is 163 cm³/mol. The molecule has 0 bridgehead atoms. The van der Waals surface area contributed by atoms with Crippen LogP contribution in [0.25, 0.3) is 0 Å². The fourth-order valence-electron chi connectivity index (χ4n) is 5.84. The third kappa shape index (κ3) is 10.4. The molecule has 2 aliphatic rings. The van der Waals surface area contributed by atoms with E-state index in [0.29, 0.717) is 12.8 Å². The summed E-state index contributed by atoms with van der Waals surface area (Å²) in [5.41, 5.74) is 1.29. The summed E-state index contributed by atoms with van der Waals surface area (Å²) < 4.78 is 19.5. The molecular formula is C33H54O6Si. The Labute approximate surface area is 243 Å².